The predicted molar refractivity (Wildman–Crippen MR) is 98.1 cm³/mol. The van der Waals surface area contributed by atoms with Gasteiger partial charge in [0.1, 0.15) is 24.0 Å². The zero-order valence-corrected chi connectivity index (χ0v) is 15.8. The first-order valence-corrected chi connectivity index (χ1v) is 9.33. The van der Waals surface area contributed by atoms with Crippen LogP contribution in [0.25, 0.3) is 0 Å². The highest BCUT2D eigenvalue weighted by atomic mass is 16.5. The molecule has 0 radical (unpaired) electrons. The topological polar surface area (TPSA) is 70.1 Å². The number of β-amino-alcohol motifs (C(OH)–C–C–N with tert-alkyl or cyclic N) is 1. The Hall–Kier alpha value is -2.08. The number of aliphatic hydroxyl groups is 1. The molecule has 3 rings (SSSR count). The van der Waals surface area contributed by atoms with E-state index >= 15 is 0 Å². The van der Waals surface area contributed by atoms with E-state index in [0.29, 0.717) is 18.6 Å². The minimum atomic E-state index is -0.921. The Morgan fingerprint density at radius 1 is 1.19 bits per heavy atom. The number of urea groups is 1. The van der Waals surface area contributed by atoms with Crippen LogP contribution in [0, 0.1) is 13.8 Å². The average Bonchev–Trinajstić information content (AvgIpc) is 2.78. The lowest BCUT2D eigenvalue weighted by atomic mass is 9.81. The summed E-state index contributed by atoms with van der Waals surface area (Å²) in [6.07, 6.45) is 3.50. The molecule has 1 aliphatic heterocycles. The number of imide groups is 1. The van der Waals surface area contributed by atoms with Crippen molar-refractivity contribution in [2.45, 2.75) is 57.6 Å². The highest BCUT2D eigenvalue weighted by Gasteiger charge is 2.55. The molecule has 2 aliphatic rings. The van der Waals surface area contributed by atoms with E-state index in [2.05, 4.69) is 0 Å². The molecule has 1 aromatic rings. The van der Waals surface area contributed by atoms with Crippen LogP contribution in [-0.2, 0) is 4.79 Å². The monoisotopic (exact) mass is 360 g/mol. The summed E-state index contributed by atoms with van der Waals surface area (Å²) in [4.78, 5) is 28.3. The Morgan fingerprint density at radius 3 is 2.54 bits per heavy atom. The predicted octanol–water partition coefficient (Wildman–Crippen LogP) is 2.64. The number of aryl methyl sites for hydroxylation is 2. The van der Waals surface area contributed by atoms with Gasteiger partial charge in [-0.15, -0.1) is 0 Å². The fourth-order valence-electron chi connectivity index (χ4n) is 4.10. The number of ether oxygens (including phenoxy) is 1. The lowest BCUT2D eigenvalue weighted by Crippen LogP contribution is -2.49. The van der Waals surface area contributed by atoms with E-state index in [1.165, 1.54) is 4.90 Å². The van der Waals surface area contributed by atoms with Crippen molar-refractivity contribution in [2.24, 2.45) is 0 Å². The quantitative estimate of drug-likeness (QED) is 0.820. The fourth-order valence-corrected chi connectivity index (χ4v) is 4.10. The molecule has 6 heteroatoms. The van der Waals surface area contributed by atoms with E-state index in [1.807, 2.05) is 32.0 Å². The van der Waals surface area contributed by atoms with Crippen molar-refractivity contribution in [1.29, 1.82) is 0 Å². The first-order valence-electron chi connectivity index (χ1n) is 9.33. The molecule has 0 bridgehead atoms. The number of rotatable bonds is 5. The molecule has 2 fully saturated rings. The fraction of sp³-hybridized carbons (Fsp3) is 0.600. The second-order valence-electron chi connectivity index (χ2n) is 7.58. The molecule has 142 valence electrons. The molecule has 1 aromatic carbocycles. The van der Waals surface area contributed by atoms with Crippen LogP contribution in [-0.4, -0.2) is 58.7 Å². The van der Waals surface area contributed by atoms with Crippen LogP contribution in [0.3, 0.4) is 0 Å². The van der Waals surface area contributed by atoms with Crippen molar-refractivity contribution >= 4 is 11.9 Å². The number of carbonyl (C=O) groups is 2. The lowest BCUT2D eigenvalue weighted by molar-refractivity contribution is -0.135. The van der Waals surface area contributed by atoms with Gasteiger partial charge in [0.25, 0.3) is 5.91 Å². The number of benzene rings is 1. The van der Waals surface area contributed by atoms with Crippen LogP contribution >= 0.6 is 0 Å². The van der Waals surface area contributed by atoms with Gasteiger partial charge >= 0.3 is 6.03 Å². The van der Waals surface area contributed by atoms with Gasteiger partial charge in [0.15, 0.2) is 0 Å². The molecule has 1 aliphatic carbocycles. The summed E-state index contributed by atoms with van der Waals surface area (Å²) in [5.41, 5.74) is 1.43. The molecule has 0 aromatic heterocycles. The molecular formula is C20H28N2O4. The Kier molecular flexibility index (Phi) is 5.23. The number of aliphatic hydroxyl groups excluding tert-OH is 1. The zero-order chi connectivity index (χ0) is 18.9. The van der Waals surface area contributed by atoms with E-state index in [9.17, 15) is 14.7 Å². The first kappa shape index (κ1) is 18.7. The molecule has 3 amide bonds. The molecule has 1 N–H and O–H groups in total. The van der Waals surface area contributed by atoms with Crippen molar-refractivity contribution in [2.75, 3.05) is 20.2 Å². The van der Waals surface area contributed by atoms with Crippen molar-refractivity contribution < 1.29 is 19.4 Å². The molecule has 0 unspecified atom stereocenters. The van der Waals surface area contributed by atoms with E-state index in [0.717, 1.165) is 30.4 Å². The molecular weight excluding hydrogens is 332 g/mol. The van der Waals surface area contributed by atoms with Crippen molar-refractivity contribution in [3.05, 3.63) is 29.3 Å². The summed E-state index contributed by atoms with van der Waals surface area (Å²) in [6, 6.07) is 5.51. The summed E-state index contributed by atoms with van der Waals surface area (Å²) in [5.74, 6) is 0.532. The van der Waals surface area contributed by atoms with Gasteiger partial charge in [-0.3, -0.25) is 9.69 Å². The third kappa shape index (κ3) is 3.30. The van der Waals surface area contributed by atoms with E-state index in [4.69, 9.17) is 4.74 Å². The molecule has 6 nitrogen and oxygen atoms in total. The second-order valence-corrected chi connectivity index (χ2v) is 7.58. The second kappa shape index (κ2) is 7.27. The van der Waals surface area contributed by atoms with Gasteiger partial charge in [-0.25, -0.2) is 4.79 Å². The SMILES string of the molecule is Cc1ccc(OC[C@@H](O)CN2C(=O)N(C)C3(CCCCC3)C2=O)c(C)c1. The molecule has 1 spiro atoms. The van der Waals surface area contributed by atoms with Gasteiger partial charge in [-0.05, 0) is 38.3 Å². The standard InChI is InChI=1S/C20H28N2O4/c1-14-7-8-17(15(2)11-14)26-13-16(23)12-22-18(24)20(21(3)19(22)25)9-5-4-6-10-20/h7-8,11,16,23H,4-6,9-10,12-13H2,1-3H3/t16-/m0/s1. The summed E-state index contributed by atoms with van der Waals surface area (Å²) in [5, 5.41) is 10.3. The molecule has 26 heavy (non-hydrogen) atoms. The Labute approximate surface area is 154 Å². The maximum Gasteiger partial charge on any atom is 0.327 e. The van der Waals surface area contributed by atoms with E-state index in [1.54, 1.807) is 11.9 Å². The summed E-state index contributed by atoms with van der Waals surface area (Å²) < 4.78 is 5.69. The molecule has 1 saturated heterocycles. The Morgan fingerprint density at radius 2 is 1.88 bits per heavy atom. The Balaban J connectivity index is 1.62. The summed E-state index contributed by atoms with van der Waals surface area (Å²) >= 11 is 0. The van der Waals surface area contributed by atoms with Gasteiger partial charge in [-0.1, -0.05) is 37.0 Å². The van der Waals surface area contributed by atoms with Crippen LogP contribution < -0.4 is 4.74 Å². The smallest absolute Gasteiger partial charge is 0.327 e. The number of hydrogen-bond acceptors (Lipinski definition) is 4. The number of carbonyl (C=O) groups excluding carboxylic acids is 2. The van der Waals surface area contributed by atoms with E-state index < -0.39 is 11.6 Å². The van der Waals surface area contributed by atoms with Gasteiger partial charge in [-0.2, -0.15) is 0 Å². The maximum atomic E-state index is 12.9. The van der Waals surface area contributed by atoms with Gasteiger partial charge in [0.05, 0.1) is 6.54 Å². The highest BCUT2D eigenvalue weighted by molar-refractivity contribution is 6.07. The van der Waals surface area contributed by atoms with Crippen molar-refractivity contribution in [3.63, 3.8) is 0 Å². The first-order chi connectivity index (χ1) is 12.3. The minimum absolute atomic E-state index is 0.0331. The normalized spacial score (nSPS) is 20.8. The summed E-state index contributed by atoms with van der Waals surface area (Å²) in [6.45, 7) is 3.96. The van der Waals surface area contributed by atoms with Crippen molar-refractivity contribution in [3.8, 4) is 5.75 Å². The Bertz CT molecular complexity index is 697. The highest BCUT2D eigenvalue weighted by Crippen LogP contribution is 2.39. The molecule has 1 saturated carbocycles. The van der Waals surface area contributed by atoms with Crippen LogP contribution in [0.4, 0.5) is 4.79 Å². The average molecular weight is 360 g/mol. The number of amides is 3. The summed E-state index contributed by atoms with van der Waals surface area (Å²) in [7, 11) is 1.70. The van der Waals surface area contributed by atoms with Crippen LogP contribution in [0.5, 0.6) is 5.75 Å². The lowest BCUT2D eigenvalue weighted by Gasteiger charge is -2.35. The molecule has 1 heterocycles. The largest absolute Gasteiger partial charge is 0.491 e. The maximum absolute atomic E-state index is 12.9. The van der Waals surface area contributed by atoms with Crippen LogP contribution in [0.1, 0.15) is 43.2 Å². The van der Waals surface area contributed by atoms with Crippen molar-refractivity contribution in [1.82, 2.24) is 9.80 Å². The minimum Gasteiger partial charge on any atom is -0.491 e. The number of likely N-dealkylation sites (N-methyl/N-ethyl adjacent to an activating group) is 1. The van der Waals surface area contributed by atoms with Gasteiger partial charge in [0, 0.05) is 7.05 Å². The number of hydrogen-bond donors (Lipinski definition) is 1. The van der Waals surface area contributed by atoms with E-state index in [-0.39, 0.29) is 25.1 Å². The van der Waals surface area contributed by atoms with Crippen LogP contribution in [0.2, 0.25) is 0 Å². The van der Waals surface area contributed by atoms with Gasteiger partial charge < -0.3 is 14.7 Å². The number of nitrogens with zero attached hydrogens (tertiary/aromatic N) is 2. The molecule has 1 atom stereocenters. The van der Waals surface area contributed by atoms with Crippen LogP contribution in [0.15, 0.2) is 18.2 Å². The third-order valence-electron chi connectivity index (χ3n) is 5.64. The third-order valence-corrected chi connectivity index (χ3v) is 5.64. The van der Waals surface area contributed by atoms with Gasteiger partial charge in [0.2, 0.25) is 0 Å². The zero-order valence-electron chi connectivity index (χ0n) is 15.8.